The van der Waals surface area contributed by atoms with Crippen LogP contribution in [-0.4, -0.2) is 73.5 Å². The van der Waals surface area contributed by atoms with E-state index in [2.05, 4.69) is 52.1 Å². The second-order valence-electron chi connectivity index (χ2n) is 11.5. The van der Waals surface area contributed by atoms with Crippen LogP contribution in [0.1, 0.15) is 50.7 Å². The van der Waals surface area contributed by atoms with Crippen LogP contribution in [0.5, 0.6) is 11.5 Å². The van der Waals surface area contributed by atoms with Crippen LogP contribution in [0.4, 0.5) is 0 Å². The summed E-state index contributed by atoms with van der Waals surface area (Å²) in [6, 6.07) is 9.03. The number of benzene rings is 1. The summed E-state index contributed by atoms with van der Waals surface area (Å²) >= 11 is 0. The number of nitrogens with one attached hydrogen (secondary N) is 1. The molecule has 4 atom stereocenters. The van der Waals surface area contributed by atoms with E-state index in [1.807, 2.05) is 18.2 Å². The number of nitrogens with zero attached hydrogens (tertiary/aromatic N) is 1. The molecule has 270 valence electrons. The molecule has 1 aliphatic rings. The van der Waals surface area contributed by atoms with Crippen molar-refractivity contribution in [3.05, 3.63) is 95.7 Å². The fourth-order valence-electron chi connectivity index (χ4n) is 4.30. The van der Waals surface area contributed by atoms with E-state index in [1.165, 1.54) is 26.3 Å². The van der Waals surface area contributed by atoms with E-state index in [0.29, 0.717) is 0 Å². The van der Waals surface area contributed by atoms with Crippen molar-refractivity contribution >= 4 is 29.8 Å². The van der Waals surface area contributed by atoms with Gasteiger partial charge in [-0.05, 0) is 49.3 Å². The summed E-state index contributed by atoms with van der Waals surface area (Å²) < 4.78 is 32.6. The Bertz CT molecular complexity index is 1700. The van der Waals surface area contributed by atoms with Crippen molar-refractivity contribution < 1.29 is 52.4 Å². The summed E-state index contributed by atoms with van der Waals surface area (Å²) in [5, 5.41) is 2.46. The number of aromatic nitrogens is 1. The second kappa shape index (κ2) is 21.1. The van der Waals surface area contributed by atoms with Crippen LogP contribution in [0.2, 0.25) is 0 Å². The molecule has 0 aliphatic carbocycles. The number of rotatable bonds is 11. The monoisotopic (exact) mass is 708 g/mol. The number of esters is 4. The summed E-state index contributed by atoms with van der Waals surface area (Å²) in [6.07, 6.45) is -0.811. The Morgan fingerprint density at radius 1 is 0.961 bits per heavy atom. The predicted octanol–water partition coefficient (Wildman–Crippen LogP) is 4.22. The molecule has 0 bridgehead atoms. The van der Waals surface area contributed by atoms with Gasteiger partial charge >= 0.3 is 23.9 Å². The first-order chi connectivity index (χ1) is 24.3. The normalized spacial score (nSPS) is 18.0. The number of methoxy groups -OCH3 is 1. The SMILES string of the molecule is C=[13C]=[13C]=[13C]=[13C]=[13C]=[13CH2].COc1ccnc(C(=O)N[C@H]2COC(=O)[C@H](Cc3ccccc3)[C@@H](OC(=O)C(C)C)[C@H](C)OC2=O)c1OCOC(=O)C(C)C. The van der Waals surface area contributed by atoms with Gasteiger partial charge in [-0.15, -0.1) is 0 Å². The Balaban J connectivity index is 0.00000116. The van der Waals surface area contributed by atoms with Crippen LogP contribution < -0.4 is 14.8 Å². The minimum Gasteiger partial charge on any atom is -0.493 e. The molecule has 13 heteroatoms. The molecule has 0 radical (unpaired) electrons. The van der Waals surface area contributed by atoms with E-state index in [0.717, 1.165) is 5.56 Å². The maximum absolute atomic E-state index is 13.4. The predicted molar refractivity (Wildman–Crippen MR) is 182 cm³/mol. The number of amides is 1. The van der Waals surface area contributed by atoms with Crippen LogP contribution in [0, 0.1) is 17.8 Å². The average molecular weight is 709 g/mol. The quantitative estimate of drug-likeness (QED) is 0.116. The first-order valence-electron chi connectivity index (χ1n) is 15.9. The fraction of sp³-hybridized carbons (Fsp3) is 0.395. The van der Waals surface area contributed by atoms with Crippen LogP contribution in [0.15, 0.2) is 84.4 Å². The van der Waals surface area contributed by atoms with Crippen molar-refractivity contribution in [1.82, 2.24) is 10.3 Å². The molecule has 1 aliphatic heterocycles. The third kappa shape index (κ3) is 13.1. The van der Waals surface area contributed by atoms with Crippen LogP contribution in [0.25, 0.3) is 0 Å². The Labute approximate surface area is 296 Å². The lowest BCUT2D eigenvalue weighted by Gasteiger charge is -2.29. The lowest BCUT2D eigenvalue weighted by molar-refractivity contribution is -0.176. The molecule has 2 heterocycles. The summed E-state index contributed by atoms with van der Waals surface area (Å²) in [6.45, 7) is 13.5. The van der Waals surface area contributed by atoms with Gasteiger partial charge in [0.25, 0.3) is 5.91 Å². The van der Waals surface area contributed by atoms with Crippen LogP contribution in [0.3, 0.4) is 0 Å². The van der Waals surface area contributed by atoms with Gasteiger partial charge in [0.1, 0.15) is 18.6 Å². The maximum Gasteiger partial charge on any atom is 0.332 e. The van der Waals surface area contributed by atoms with Gasteiger partial charge in [-0.3, -0.25) is 19.2 Å². The number of ether oxygens (including phenoxy) is 6. The molecule has 1 N–H and O–H groups in total. The molecule has 1 saturated heterocycles. The minimum atomic E-state index is -1.45. The van der Waals surface area contributed by atoms with Gasteiger partial charge in [-0.2, -0.15) is 0 Å². The first-order valence-corrected chi connectivity index (χ1v) is 15.9. The largest absolute Gasteiger partial charge is 0.493 e. The standard InChI is InChI=1S/C31H38N2O11.C7H4/c1-17(2)28(35)42-16-41-26-23(39-6)12-13-32-24(26)27(34)33-22-15-40-30(37)21(14-20-10-8-7-9-11-20)25(19(5)43-31(22)38)44-29(36)18(3)4;1-3-5-7-6-4-2/h7-13,17-19,21-22,25H,14-16H2,1-6H3,(H,33,34);1-2H2/t19-,21+,22-,25-;/m0./s1/i;1+1,3+1,4+1,5+1,6+1,7+1. The van der Waals surface area contributed by atoms with Crippen molar-refractivity contribution in [1.29, 1.82) is 0 Å². The van der Waals surface area contributed by atoms with E-state index >= 15 is 0 Å². The Kier molecular flexibility index (Phi) is 17.0. The molecule has 1 aromatic carbocycles. The average Bonchev–Trinajstić information content (AvgIpc) is 3.14. The smallest absolute Gasteiger partial charge is 0.332 e. The summed E-state index contributed by atoms with van der Waals surface area (Å²) in [7, 11) is 1.34. The van der Waals surface area contributed by atoms with Crippen LogP contribution >= 0.6 is 0 Å². The maximum atomic E-state index is 13.4. The highest BCUT2D eigenvalue weighted by Gasteiger charge is 2.42. The molecule has 0 spiro atoms. The zero-order chi connectivity index (χ0) is 37.9. The van der Waals surface area contributed by atoms with Gasteiger partial charge in [0, 0.05) is 12.3 Å². The van der Waals surface area contributed by atoms with Gasteiger partial charge in [0.2, 0.25) is 6.79 Å². The first kappa shape index (κ1) is 41.1. The summed E-state index contributed by atoms with van der Waals surface area (Å²) in [5.41, 5.74) is 12.5. The van der Waals surface area contributed by atoms with Crippen molar-refractivity contribution in [3.8, 4) is 11.5 Å². The van der Waals surface area contributed by atoms with Gasteiger partial charge < -0.3 is 33.7 Å². The Morgan fingerprint density at radius 3 is 2.20 bits per heavy atom. The Hall–Kier alpha value is -6.04. The fourth-order valence-corrected chi connectivity index (χ4v) is 4.30. The van der Waals surface area contributed by atoms with Crippen molar-refractivity contribution in [2.24, 2.45) is 17.8 Å². The lowest BCUT2D eigenvalue weighted by atomic mass is 9.91. The van der Waals surface area contributed by atoms with Gasteiger partial charge in [0.15, 0.2) is 29.3 Å². The number of hydrogen-bond donors (Lipinski definition) is 1. The van der Waals surface area contributed by atoms with Crippen LogP contribution in [-0.2, 0) is 44.5 Å². The molecule has 2 aromatic rings. The van der Waals surface area contributed by atoms with Crippen molar-refractivity contribution in [2.75, 3.05) is 20.5 Å². The molecule has 0 unspecified atom stereocenters. The highest BCUT2D eigenvalue weighted by Crippen LogP contribution is 2.30. The molecule has 1 aromatic heterocycles. The molecule has 1 amide bonds. The molecule has 0 saturated carbocycles. The number of hydrogen-bond acceptors (Lipinski definition) is 12. The molecule has 13 nitrogen and oxygen atoms in total. The Morgan fingerprint density at radius 2 is 1.61 bits per heavy atom. The zero-order valence-corrected chi connectivity index (χ0v) is 29.5. The number of carbonyl (C=O) groups is 5. The number of carbonyl (C=O) groups excluding carboxylic acids is 5. The third-order valence-corrected chi connectivity index (χ3v) is 6.95. The van der Waals surface area contributed by atoms with Gasteiger partial charge in [-0.25, -0.2) is 9.78 Å². The van der Waals surface area contributed by atoms with Gasteiger partial charge in [0.05, 0.1) is 18.9 Å². The summed E-state index contributed by atoms with van der Waals surface area (Å²) in [5.74, 6) is -5.61. The van der Waals surface area contributed by atoms with E-state index in [-0.39, 0.29) is 23.6 Å². The minimum absolute atomic E-state index is 0.112. The summed E-state index contributed by atoms with van der Waals surface area (Å²) in [4.78, 5) is 68.5. The molecule has 3 rings (SSSR count). The zero-order valence-electron chi connectivity index (χ0n) is 29.5. The van der Waals surface area contributed by atoms with Gasteiger partial charge in [-0.1, -0.05) is 69.5 Å². The van der Waals surface area contributed by atoms with E-state index in [4.69, 9.17) is 28.4 Å². The lowest BCUT2D eigenvalue weighted by Crippen LogP contribution is -2.47. The highest BCUT2D eigenvalue weighted by atomic mass is 16.7. The molecular weight excluding hydrogens is 666 g/mol. The van der Waals surface area contributed by atoms with Crippen molar-refractivity contribution in [3.63, 3.8) is 0 Å². The third-order valence-electron chi connectivity index (χ3n) is 6.95. The second-order valence-corrected chi connectivity index (χ2v) is 11.5. The van der Waals surface area contributed by atoms with Crippen molar-refractivity contribution in [2.45, 2.75) is 59.3 Å². The van der Waals surface area contributed by atoms with E-state index in [1.54, 1.807) is 39.8 Å². The topological polar surface area (TPSA) is 166 Å². The van der Waals surface area contributed by atoms with E-state index in [9.17, 15) is 24.0 Å². The number of cyclic esters (lactones) is 2. The van der Waals surface area contributed by atoms with E-state index < -0.39 is 79.2 Å². The molecular formula is C38H42N2O11. The highest BCUT2D eigenvalue weighted by molar-refractivity contribution is 5.98. The number of pyridine rings is 1. The molecule has 51 heavy (non-hydrogen) atoms. The molecule has 1 fully saturated rings.